The van der Waals surface area contributed by atoms with Crippen LogP contribution in [-0.4, -0.2) is 12.5 Å². The number of amides is 1. The van der Waals surface area contributed by atoms with Crippen LogP contribution in [0, 0.1) is 6.92 Å². The molecule has 3 heteroatoms. The lowest BCUT2D eigenvalue weighted by molar-refractivity contribution is 0.0952. The predicted octanol–water partition coefficient (Wildman–Crippen LogP) is 4.68. The van der Waals surface area contributed by atoms with Gasteiger partial charge in [-0.25, -0.2) is 0 Å². The highest BCUT2D eigenvalue weighted by molar-refractivity contribution is 9.10. The number of halogens is 1. The molecule has 2 rings (SSSR count). The van der Waals surface area contributed by atoms with Crippen LogP contribution in [-0.2, 0) is 0 Å². The fraction of sp³-hybridized carbons (Fsp3) is 0.278. The number of hydrogen-bond donors (Lipinski definition) is 1. The van der Waals surface area contributed by atoms with E-state index in [-0.39, 0.29) is 5.91 Å². The van der Waals surface area contributed by atoms with Crippen LogP contribution in [0.15, 0.2) is 53.0 Å². The van der Waals surface area contributed by atoms with Gasteiger partial charge in [0.15, 0.2) is 0 Å². The van der Waals surface area contributed by atoms with E-state index in [2.05, 4.69) is 52.4 Å². The molecule has 2 aromatic carbocycles. The Kier molecular flexibility index (Phi) is 5.57. The zero-order valence-corrected chi connectivity index (χ0v) is 14.0. The van der Waals surface area contributed by atoms with E-state index in [1.807, 2.05) is 31.2 Å². The first-order valence-electron chi connectivity index (χ1n) is 7.18. The molecule has 0 bridgehead atoms. The van der Waals surface area contributed by atoms with Crippen molar-refractivity contribution < 1.29 is 4.79 Å². The number of nitrogens with one attached hydrogen (secondary N) is 1. The van der Waals surface area contributed by atoms with E-state index in [1.165, 1.54) is 5.56 Å². The Labute approximate surface area is 134 Å². The smallest absolute Gasteiger partial charge is 0.251 e. The van der Waals surface area contributed by atoms with Crippen LogP contribution in [0.2, 0.25) is 0 Å². The molecule has 0 aromatic heterocycles. The third-order valence-corrected chi connectivity index (χ3v) is 4.60. The van der Waals surface area contributed by atoms with Crippen LogP contribution in [0.3, 0.4) is 0 Å². The molecule has 21 heavy (non-hydrogen) atoms. The highest BCUT2D eigenvalue weighted by Crippen LogP contribution is 2.20. The van der Waals surface area contributed by atoms with Gasteiger partial charge in [-0.2, -0.15) is 0 Å². The van der Waals surface area contributed by atoms with E-state index in [1.54, 1.807) is 0 Å². The Morgan fingerprint density at radius 3 is 2.57 bits per heavy atom. The summed E-state index contributed by atoms with van der Waals surface area (Å²) in [4.78, 5) is 12.2. The maximum atomic E-state index is 12.2. The fourth-order valence-electron chi connectivity index (χ4n) is 2.30. The van der Waals surface area contributed by atoms with E-state index in [4.69, 9.17) is 0 Å². The molecular formula is C18H20BrNO. The van der Waals surface area contributed by atoms with E-state index in [0.29, 0.717) is 12.5 Å². The average molecular weight is 346 g/mol. The third kappa shape index (κ3) is 4.18. The normalized spacial score (nSPS) is 12.0. The highest BCUT2D eigenvalue weighted by atomic mass is 79.9. The first kappa shape index (κ1) is 15.8. The van der Waals surface area contributed by atoms with Gasteiger partial charge >= 0.3 is 0 Å². The Morgan fingerprint density at radius 1 is 1.14 bits per heavy atom. The van der Waals surface area contributed by atoms with Crippen molar-refractivity contribution in [2.75, 3.05) is 6.54 Å². The van der Waals surface area contributed by atoms with Crippen molar-refractivity contribution in [3.05, 3.63) is 69.7 Å². The lowest BCUT2D eigenvalue weighted by Crippen LogP contribution is -2.26. The summed E-state index contributed by atoms with van der Waals surface area (Å²) in [5, 5.41) is 3.01. The summed E-state index contributed by atoms with van der Waals surface area (Å²) in [6, 6.07) is 16.1. The zero-order valence-electron chi connectivity index (χ0n) is 12.4. The molecule has 0 aliphatic rings. The molecule has 0 radical (unpaired) electrons. The van der Waals surface area contributed by atoms with Gasteiger partial charge in [-0.3, -0.25) is 4.79 Å². The third-order valence-electron chi connectivity index (χ3n) is 3.74. The van der Waals surface area contributed by atoms with Gasteiger partial charge in [0.25, 0.3) is 5.91 Å². The molecule has 1 amide bonds. The number of benzene rings is 2. The Hall–Kier alpha value is -1.61. The van der Waals surface area contributed by atoms with Gasteiger partial charge in [0.1, 0.15) is 0 Å². The topological polar surface area (TPSA) is 29.1 Å². The van der Waals surface area contributed by atoms with Crippen molar-refractivity contribution in [1.29, 1.82) is 0 Å². The van der Waals surface area contributed by atoms with Crippen LogP contribution in [0.1, 0.15) is 40.7 Å². The minimum Gasteiger partial charge on any atom is -0.352 e. The van der Waals surface area contributed by atoms with E-state index in [0.717, 1.165) is 22.0 Å². The van der Waals surface area contributed by atoms with Gasteiger partial charge in [0.2, 0.25) is 0 Å². The largest absolute Gasteiger partial charge is 0.352 e. The molecule has 0 aliphatic heterocycles. The Morgan fingerprint density at radius 2 is 1.86 bits per heavy atom. The molecule has 0 aliphatic carbocycles. The van der Waals surface area contributed by atoms with Crippen molar-refractivity contribution in [2.45, 2.75) is 26.2 Å². The SMILES string of the molecule is Cc1c(Br)cccc1C(=O)NCCC(C)c1ccccc1. The summed E-state index contributed by atoms with van der Waals surface area (Å²) in [6.07, 6.45) is 0.933. The first-order valence-corrected chi connectivity index (χ1v) is 7.97. The van der Waals surface area contributed by atoms with Crippen molar-refractivity contribution in [3.63, 3.8) is 0 Å². The summed E-state index contributed by atoms with van der Waals surface area (Å²) in [5.41, 5.74) is 3.02. The molecule has 1 unspecified atom stereocenters. The van der Waals surface area contributed by atoms with Crippen LogP contribution < -0.4 is 5.32 Å². The Bertz CT molecular complexity index is 610. The van der Waals surface area contributed by atoms with Crippen molar-refractivity contribution in [1.82, 2.24) is 5.32 Å². The van der Waals surface area contributed by atoms with Crippen LogP contribution in [0.4, 0.5) is 0 Å². The molecule has 1 N–H and O–H groups in total. The van der Waals surface area contributed by atoms with Crippen LogP contribution >= 0.6 is 15.9 Å². The number of rotatable bonds is 5. The van der Waals surface area contributed by atoms with E-state index < -0.39 is 0 Å². The number of carbonyl (C=O) groups is 1. The molecule has 0 heterocycles. The molecule has 0 spiro atoms. The number of carbonyl (C=O) groups excluding carboxylic acids is 1. The lowest BCUT2D eigenvalue weighted by Gasteiger charge is -2.13. The van der Waals surface area contributed by atoms with Gasteiger partial charge in [-0.05, 0) is 42.5 Å². The second kappa shape index (κ2) is 7.41. The molecular weight excluding hydrogens is 326 g/mol. The molecule has 2 nitrogen and oxygen atoms in total. The molecule has 0 saturated heterocycles. The van der Waals surface area contributed by atoms with E-state index >= 15 is 0 Å². The molecule has 1 atom stereocenters. The maximum Gasteiger partial charge on any atom is 0.251 e. The van der Waals surface area contributed by atoms with Crippen molar-refractivity contribution in [2.24, 2.45) is 0 Å². The first-order chi connectivity index (χ1) is 10.1. The predicted molar refractivity (Wildman–Crippen MR) is 90.7 cm³/mol. The van der Waals surface area contributed by atoms with Gasteiger partial charge in [-0.15, -0.1) is 0 Å². The molecule has 0 fully saturated rings. The Balaban J connectivity index is 1.89. The monoisotopic (exact) mass is 345 g/mol. The van der Waals surface area contributed by atoms with Gasteiger partial charge < -0.3 is 5.32 Å². The molecule has 110 valence electrons. The summed E-state index contributed by atoms with van der Waals surface area (Å²) in [5.74, 6) is 0.434. The van der Waals surface area contributed by atoms with Crippen molar-refractivity contribution in [3.8, 4) is 0 Å². The lowest BCUT2D eigenvalue weighted by atomic mass is 9.98. The summed E-state index contributed by atoms with van der Waals surface area (Å²) in [6.45, 7) is 4.82. The summed E-state index contributed by atoms with van der Waals surface area (Å²) >= 11 is 3.46. The second-order valence-corrected chi connectivity index (χ2v) is 6.12. The van der Waals surface area contributed by atoms with Crippen LogP contribution in [0.25, 0.3) is 0 Å². The quantitative estimate of drug-likeness (QED) is 0.837. The molecule has 0 saturated carbocycles. The standard InChI is InChI=1S/C18H20BrNO/c1-13(15-7-4-3-5-8-15)11-12-20-18(21)16-9-6-10-17(19)14(16)2/h3-10,13H,11-12H2,1-2H3,(H,20,21). The highest BCUT2D eigenvalue weighted by Gasteiger charge is 2.11. The van der Waals surface area contributed by atoms with Crippen LogP contribution in [0.5, 0.6) is 0 Å². The van der Waals surface area contributed by atoms with E-state index in [9.17, 15) is 4.79 Å². The second-order valence-electron chi connectivity index (χ2n) is 5.27. The maximum absolute atomic E-state index is 12.2. The fourth-order valence-corrected chi connectivity index (χ4v) is 2.67. The summed E-state index contributed by atoms with van der Waals surface area (Å²) in [7, 11) is 0. The van der Waals surface area contributed by atoms with Gasteiger partial charge in [0, 0.05) is 16.6 Å². The zero-order chi connectivity index (χ0) is 15.2. The number of hydrogen-bond acceptors (Lipinski definition) is 1. The van der Waals surface area contributed by atoms with Gasteiger partial charge in [-0.1, -0.05) is 59.3 Å². The minimum absolute atomic E-state index is 0.00550. The minimum atomic E-state index is -0.00550. The average Bonchev–Trinajstić information content (AvgIpc) is 2.50. The van der Waals surface area contributed by atoms with Gasteiger partial charge in [0.05, 0.1) is 0 Å². The van der Waals surface area contributed by atoms with Crippen molar-refractivity contribution >= 4 is 21.8 Å². The molecule has 2 aromatic rings. The summed E-state index contributed by atoms with van der Waals surface area (Å²) < 4.78 is 0.966.